The highest BCUT2D eigenvalue weighted by Crippen LogP contribution is 2.03. The summed E-state index contributed by atoms with van der Waals surface area (Å²) in [4.78, 5) is 47.1. The Kier molecular flexibility index (Phi) is 11.6. The number of nitrogens with one attached hydrogen (secondary N) is 3. The first-order valence-electron chi connectivity index (χ1n) is 8.29. The number of aliphatic carboxylic acids is 1. The van der Waals surface area contributed by atoms with E-state index in [9.17, 15) is 24.3 Å². The van der Waals surface area contributed by atoms with Crippen LogP contribution in [0.15, 0.2) is 0 Å². The molecule has 156 valence electrons. The number of aliphatic hydroxyl groups is 2. The zero-order chi connectivity index (χ0) is 21.1. The third kappa shape index (κ3) is 9.04. The molecule has 8 N–H and O–H groups in total. The van der Waals surface area contributed by atoms with Gasteiger partial charge in [-0.2, -0.15) is 12.6 Å². The fraction of sp³-hybridized carbons (Fsp3) is 0.733. The average molecular weight is 408 g/mol. The van der Waals surface area contributed by atoms with Crippen LogP contribution in [0.4, 0.5) is 0 Å². The van der Waals surface area contributed by atoms with Crippen molar-refractivity contribution in [2.75, 3.05) is 19.0 Å². The van der Waals surface area contributed by atoms with Crippen LogP contribution in [0.3, 0.4) is 0 Å². The Morgan fingerprint density at radius 2 is 1.33 bits per heavy atom. The van der Waals surface area contributed by atoms with E-state index >= 15 is 0 Å². The third-order valence-corrected chi connectivity index (χ3v) is 3.86. The van der Waals surface area contributed by atoms with Crippen LogP contribution in [0.25, 0.3) is 0 Å². The van der Waals surface area contributed by atoms with Gasteiger partial charge in [0.05, 0.1) is 19.3 Å². The lowest BCUT2D eigenvalue weighted by Crippen LogP contribution is -2.58. The SMILES string of the molecule is CC(C)CC(N)C(=O)NC(CO)C(=O)NC(CS)C(=O)NC(CO)C(=O)O. The molecule has 4 atom stereocenters. The molecule has 0 aromatic heterocycles. The van der Waals surface area contributed by atoms with Crippen molar-refractivity contribution in [2.45, 2.75) is 44.4 Å². The predicted molar refractivity (Wildman–Crippen MR) is 98.9 cm³/mol. The Hall–Kier alpha value is -1.89. The molecular formula is C15H28N4O7S. The highest BCUT2D eigenvalue weighted by Gasteiger charge is 2.29. The first kappa shape index (κ1) is 25.1. The van der Waals surface area contributed by atoms with Crippen molar-refractivity contribution < 1.29 is 34.5 Å². The second kappa shape index (κ2) is 12.5. The van der Waals surface area contributed by atoms with Gasteiger partial charge in [0.25, 0.3) is 0 Å². The molecule has 4 unspecified atom stereocenters. The lowest BCUT2D eigenvalue weighted by atomic mass is 10.0. The fourth-order valence-electron chi connectivity index (χ4n) is 2.01. The molecule has 0 aliphatic carbocycles. The summed E-state index contributed by atoms with van der Waals surface area (Å²) < 4.78 is 0. The average Bonchev–Trinajstić information content (AvgIpc) is 2.60. The quantitative estimate of drug-likeness (QED) is 0.155. The van der Waals surface area contributed by atoms with Crippen LogP contribution in [0.2, 0.25) is 0 Å². The molecule has 0 spiro atoms. The first-order valence-corrected chi connectivity index (χ1v) is 8.92. The molecule has 0 bridgehead atoms. The molecule has 27 heavy (non-hydrogen) atoms. The summed E-state index contributed by atoms with van der Waals surface area (Å²) in [6.07, 6.45) is 0.380. The van der Waals surface area contributed by atoms with E-state index < -0.39 is 61.1 Å². The monoisotopic (exact) mass is 408 g/mol. The topological polar surface area (TPSA) is 191 Å². The van der Waals surface area contributed by atoms with Crippen molar-refractivity contribution >= 4 is 36.3 Å². The molecule has 0 heterocycles. The highest BCUT2D eigenvalue weighted by atomic mass is 32.1. The molecule has 0 radical (unpaired) electrons. The van der Waals surface area contributed by atoms with Gasteiger partial charge in [-0.05, 0) is 12.3 Å². The molecule has 11 nitrogen and oxygen atoms in total. The van der Waals surface area contributed by atoms with E-state index in [1.165, 1.54) is 0 Å². The molecule has 12 heteroatoms. The van der Waals surface area contributed by atoms with Crippen LogP contribution in [0.1, 0.15) is 20.3 Å². The highest BCUT2D eigenvalue weighted by molar-refractivity contribution is 7.80. The van der Waals surface area contributed by atoms with E-state index in [2.05, 4.69) is 23.3 Å². The molecular weight excluding hydrogens is 380 g/mol. The molecule has 0 aliphatic heterocycles. The molecule has 3 amide bonds. The molecule has 0 fully saturated rings. The largest absolute Gasteiger partial charge is 0.480 e. The Balaban J connectivity index is 4.88. The van der Waals surface area contributed by atoms with Crippen molar-refractivity contribution in [1.82, 2.24) is 16.0 Å². The number of hydrogen-bond acceptors (Lipinski definition) is 8. The van der Waals surface area contributed by atoms with Gasteiger partial charge >= 0.3 is 5.97 Å². The Morgan fingerprint density at radius 3 is 1.74 bits per heavy atom. The second-order valence-electron chi connectivity index (χ2n) is 6.31. The summed E-state index contributed by atoms with van der Waals surface area (Å²) in [5, 5.41) is 33.7. The van der Waals surface area contributed by atoms with Gasteiger partial charge < -0.3 is 37.0 Å². The minimum absolute atomic E-state index is 0.151. The molecule has 0 saturated carbocycles. The number of nitrogens with two attached hydrogens (primary N) is 1. The van der Waals surface area contributed by atoms with Gasteiger partial charge in [-0.3, -0.25) is 14.4 Å². The normalized spacial score (nSPS) is 15.4. The molecule has 0 rings (SSSR count). The number of carbonyl (C=O) groups is 4. The number of hydrogen-bond donors (Lipinski definition) is 8. The summed E-state index contributed by atoms with van der Waals surface area (Å²) in [6, 6.07) is -5.00. The van der Waals surface area contributed by atoms with Crippen LogP contribution in [-0.2, 0) is 19.2 Å². The lowest BCUT2D eigenvalue weighted by Gasteiger charge is -2.23. The van der Waals surface area contributed by atoms with Gasteiger partial charge in [-0.25, -0.2) is 4.79 Å². The van der Waals surface area contributed by atoms with E-state index in [4.69, 9.17) is 15.9 Å². The smallest absolute Gasteiger partial charge is 0.328 e. The van der Waals surface area contributed by atoms with Crippen molar-refractivity contribution in [1.29, 1.82) is 0 Å². The maximum Gasteiger partial charge on any atom is 0.328 e. The van der Waals surface area contributed by atoms with Gasteiger partial charge in [0, 0.05) is 5.75 Å². The Bertz CT molecular complexity index is 532. The van der Waals surface area contributed by atoms with Crippen molar-refractivity contribution in [3.63, 3.8) is 0 Å². The van der Waals surface area contributed by atoms with Gasteiger partial charge in [0.1, 0.15) is 18.1 Å². The Labute approximate surface area is 162 Å². The van der Waals surface area contributed by atoms with Crippen molar-refractivity contribution in [2.24, 2.45) is 11.7 Å². The number of amides is 3. The van der Waals surface area contributed by atoms with Crippen LogP contribution in [-0.4, -0.2) is 82.1 Å². The zero-order valence-corrected chi connectivity index (χ0v) is 16.1. The number of carboxylic acid groups (broad SMARTS) is 1. The Morgan fingerprint density at radius 1 is 0.889 bits per heavy atom. The van der Waals surface area contributed by atoms with E-state index in [0.717, 1.165) is 0 Å². The minimum atomic E-state index is -1.54. The van der Waals surface area contributed by atoms with Crippen molar-refractivity contribution in [3.8, 4) is 0 Å². The summed E-state index contributed by atoms with van der Waals surface area (Å²) in [7, 11) is 0. The minimum Gasteiger partial charge on any atom is -0.480 e. The second-order valence-corrected chi connectivity index (χ2v) is 6.67. The maximum atomic E-state index is 12.2. The van der Waals surface area contributed by atoms with Crippen LogP contribution < -0.4 is 21.7 Å². The van der Waals surface area contributed by atoms with Gasteiger partial charge in [-0.1, -0.05) is 13.8 Å². The number of carbonyl (C=O) groups excluding carboxylic acids is 3. The maximum absolute atomic E-state index is 12.2. The summed E-state index contributed by atoms with van der Waals surface area (Å²) in [6.45, 7) is 2.17. The van der Waals surface area contributed by atoms with E-state index in [1.807, 2.05) is 19.2 Å². The molecule has 0 aromatic rings. The number of rotatable bonds is 12. The third-order valence-electron chi connectivity index (χ3n) is 3.49. The van der Waals surface area contributed by atoms with E-state index in [0.29, 0.717) is 6.42 Å². The summed E-state index contributed by atoms with van der Waals surface area (Å²) in [5.74, 6) is -3.87. The van der Waals surface area contributed by atoms with Gasteiger partial charge in [0.2, 0.25) is 17.7 Å². The van der Waals surface area contributed by atoms with Crippen LogP contribution >= 0.6 is 12.6 Å². The summed E-state index contributed by atoms with van der Waals surface area (Å²) >= 11 is 3.92. The zero-order valence-electron chi connectivity index (χ0n) is 15.2. The van der Waals surface area contributed by atoms with Crippen molar-refractivity contribution in [3.05, 3.63) is 0 Å². The molecule has 0 aromatic carbocycles. The first-order chi connectivity index (χ1) is 12.6. The van der Waals surface area contributed by atoms with E-state index in [1.54, 1.807) is 0 Å². The summed E-state index contributed by atoms with van der Waals surface area (Å²) in [5.41, 5.74) is 5.71. The molecule has 0 aliphatic rings. The van der Waals surface area contributed by atoms with Gasteiger partial charge in [0.15, 0.2) is 0 Å². The van der Waals surface area contributed by atoms with Crippen LogP contribution in [0, 0.1) is 5.92 Å². The molecule has 0 saturated heterocycles. The number of aliphatic hydroxyl groups excluding tert-OH is 2. The predicted octanol–water partition coefficient (Wildman–Crippen LogP) is -3.19. The number of carboxylic acids is 1. The van der Waals surface area contributed by atoms with Crippen LogP contribution in [0.5, 0.6) is 0 Å². The lowest BCUT2D eigenvalue weighted by molar-refractivity contribution is -0.143. The standard InChI is InChI=1S/C15H28N4O7S/c1-7(2)3-8(16)12(22)17-9(4-20)13(23)19-11(6-27)14(24)18-10(5-21)15(25)26/h7-11,20-21,27H,3-6,16H2,1-2H3,(H,17,22)(H,18,24)(H,19,23)(H,25,26). The fourth-order valence-corrected chi connectivity index (χ4v) is 2.27. The van der Waals surface area contributed by atoms with Gasteiger partial charge in [-0.15, -0.1) is 0 Å². The number of thiol groups is 1. The van der Waals surface area contributed by atoms with E-state index in [-0.39, 0.29) is 11.7 Å².